The number of nitrogens with zero attached hydrogens (tertiary/aromatic N) is 1. The number of alkyl carbamates (subject to hydrolysis) is 1. The number of aliphatic carboxylic acids is 1. The van der Waals surface area contributed by atoms with E-state index in [1.165, 1.54) is 0 Å². The number of carbonyl (C=O) groups excluding carboxylic acids is 2. The van der Waals surface area contributed by atoms with Crippen molar-refractivity contribution < 1.29 is 38.8 Å². The minimum Gasteiger partial charge on any atom is -0.478 e. The summed E-state index contributed by atoms with van der Waals surface area (Å²) >= 11 is 0. The van der Waals surface area contributed by atoms with Gasteiger partial charge in [0.2, 0.25) is 11.6 Å². The maximum absolute atomic E-state index is 12.8. The standard InChI is InChI=1S/C14H22N2O8/c1-8(2)9(15-12(20)22-3)10(17)16-7-13(23-4-5-24-13)6-14(16,21)11(18)19/h8-9,21H,4-7H2,1-3H3,(H,15,20)(H,18,19)/t9-,14+/m0/s1. The number of carboxylic acids is 1. The molecule has 2 amide bonds. The highest BCUT2D eigenvalue weighted by atomic mass is 16.7. The molecule has 0 aromatic heterocycles. The minimum absolute atomic E-state index is 0.242. The molecule has 2 fully saturated rings. The van der Waals surface area contributed by atoms with Crippen molar-refractivity contribution in [1.82, 2.24) is 10.2 Å². The lowest BCUT2D eigenvalue weighted by Gasteiger charge is -2.33. The van der Waals surface area contributed by atoms with Crippen molar-refractivity contribution in [1.29, 1.82) is 0 Å². The Balaban J connectivity index is 2.29. The second-order valence-corrected chi connectivity index (χ2v) is 6.19. The second kappa shape index (κ2) is 6.54. The fraction of sp³-hybridized carbons (Fsp3) is 0.786. The van der Waals surface area contributed by atoms with E-state index in [9.17, 15) is 24.6 Å². The van der Waals surface area contributed by atoms with E-state index >= 15 is 0 Å². The molecule has 2 aliphatic heterocycles. The first-order valence-electron chi connectivity index (χ1n) is 7.55. The van der Waals surface area contributed by atoms with E-state index in [1.807, 2.05) is 0 Å². The van der Waals surface area contributed by atoms with Crippen molar-refractivity contribution >= 4 is 18.0 Å². The molecular weight excluding hydrogens is 324 g/mol. The van der Waals surface area contributed by atoms with Crippen molar-refractivity contribution in [2.24, 2.45) is 5.92 Å². The molecule has 0 saturated carbocycles. The summed E-state index contributed by atoms with van der Waals surface area (Å²) in [6.45, 7) is 3.58. The number of amides is 2. The molecule has 2 atom stereocenters. The summed E-state index contributed by atoms with van der Waals surface area (Å²) < 4.78 is 15.3. The highest BCUT2D eigenvalue weighted by Gasteiger charge is 2.62. The number of nitrogens with one attached hydrogen (secondary N) is 1. The van der Waals surface area contributed by atoms with Crippen LogP contribution in [0, 0.1) is 5.92 Å². The maximum atomic E-state index is 12.8. The number of ether oxygens (including phenoxy) is 3. The van der Waals surface area contributed by atoms with Gasteiger partial charge in [-0.3, -0.25) is 9.69 Å². The highest BCUT2D eigenvalue weighted by Crippen LogP contribution is 2.40. The average molecular weight is 346 g/mol. The van der Waals surface area contributed by atoms with E-state index in [1.54, 1.807) is 13.8 Å². The number of rotatable bonds is 4. The molecule has 2 aliphatic rings. The van der Waals surface area contributed by atoms with Gasteiger partial charge < -0.3 is 29.7 Å². The van der Waals surface area contributed by atoms with Gasteiger partial charge >= 0.3 is 12.1 Å². The van der Waals surface area contributed by atoms with E-state index < -0.39 is 41.9 Å². The molecule has 0 aliphatic carbocycles. The minimum atomic E-state index is -2.48. The van der Waals surface area contributed by atoms with E-state index in [0.29, 0.717) is 0 Å². The summed E-state index contributed by atoms with van der Waals surface area (Å²) in [6.07, 6.45) is -1.24. The Morgan fingerprint density at radius 2 is 1.83 bits per heavy atom. The summed E-state index contributed by atoms with van der Waals surface area (Å²) in [5, 5.41) is 22.3. The molecule has 10 nitrogen and oxygen atoms in total. The Morgan fingerprint density at radius 1 is 1.25 bits per heavy atom. The summed E-state index contributed by atoms with van der Waals surface area (Å²) in [7, 11) is 1.15. The predicted octanol–water partition coefficient (Wildman–Crippen LogP) is -0.884. The molecule has 3 N–H and O–H groups in total. The van der Waals surface area contributed by atoms with E-state index in [0.717, 1.165) is 12.0 Å². The third-order valence-electron chi connectivity index (χ3n) is 4.17. The van der Waals surface area contributed by atoms with Gasteiger partial charge in [-0.2, -0.15) is 0 Å². The van der Waals surface area contributed by atoms with Gasteiger partial charge in [0.25, 0.3) is 0 Å². The van der Waals surface area contributed by atoms with Gasteiger partial charge in [-0.15, -0.1) is 0 Å². The quantitative estimate of drug-likeness (QED) is 0.597. The average Bonchev–Trinajstić information content (AvgIpc) is 3.09. The third-order valence-corrected chi connectivity index (χ3v) is 4.17. The van der Waals surface area contributed by atoms with E-state index in [2.05, 4.69) is 10.1 Å². The van der Waals surface area contributed by atoms with E-state index in [4.69, 9.17) is 9.47 Å². The molecule has 136 valence electrons. The molecule has 0 aromatic rings. The number of methoxy groups -OCH3 is 1. The molecule has 1 spiro atoms. The van der Waals surface area contributed by atoms with Crippen molar-refractivity contribution in [3.05, 3.63) is 0 Å². The van der Waals surface area contributed by atoms with Crippen LogP contribution in [0.25, 0.3) is 0 Å². The zero-order valence-corrected chi connectivity index (χ0v) is 13.8. The van der Waals surface area contributed by atoms with Gasteiger partial charge in [0.15, 0.2) is 5.79 Å². The molecule has 2 saturated heterocycles. The molecular formula is C14H22N2O8. The molecule has 0 radical (unpaired) electrons. The van der Waals surface area contributed by atoms with Crippen LogP contribution in [0.2, 0.25) is 0 Å². The molecule has 24 heavy (non-hydrogen) atoms. The largest absolute Gasteiger partial charge is 0.478 e. The fourth-order valence-electron chi connectivity index (χ4n) is 2.91. The molecule has 0 unspecified atom stereocenters. The Hall–Kier alpha value is -1.91. The maximum Gasteiger partial charge on any atom is 0.407 e. The smallest absolute Gasteiger partial charge is 0.407 e. The van der Waals surface area contributed by atoms with Crippen LogP contribution in [0.3, 0.4) is 0 Å². The van der Waals surface area contributed by atoms with Crippen LogP contribution in [0.1, 0.15) is 20.3 Å². The van der Waals surface area contributed by atoms with Crippen molar-refractivity contribution in [3.63, 3.8) is 0 Å². The molecule has 0 bridgehead atoms. The zero-order valence-electron chi connectivity index (χ0n) is 13.8. The van der Waals surface area contributed by atoms with Crippen LogP contribution in [-0.4, -0.2) is 77.5 Å². The monoisotopic (exact) mass is 346 g/mol. The van der Waals surface area contributed by atoms with Gasteiger partial charge in [0.1, 0.15) is 6.04 Å². The van der Waals surface area contributed by atoms with Crippen LogP contribution in [-0.2, 0) is 23.8 Å². The zero-order chi connectivity index (χ0) is 18.1. The number of hydrogen-bond donors (Lipinski definition) is 3. The molecule has 10 heteroatoms. The lowest BCUT2D eigenvalue weighted by atomic mass is 10.0. The van der Waals surface area contributed by atoms with Crippen molar-refractivity contribution in [2.75, 3.05) is 26.9 Å². The summed E-state index contributed by atoms with van der Waals surface area (Å²) in [6, 6.07) is -1.07. The second-order valence-electron chi connectivity index (χ2n) is 6.19. The van der Waals surface area contributed by atoms with Gasteiger partial charge in [-0.25, -0.2) is 9.59 Å². The van der Waals surface area contributed by atoms with Gasteiger partial charge in [0, 0.05) is 0 Å². The first-order chi connectivity index (χ1) is 11.1. The Labute approximate surface area is 138 Å². The topological polar surface area (TPSA) is 135 Å². The number of carbonyl (C=O) groups is 3. The molecule has 0 aromatic carbocycles. The number of aliphatic hydroxyl groups is 1. The molecule has 2 heterocycles. The van der Waals surface area contributed by atoms with Crippen LogP contribution in [0.4, 0.5) is 4.79 Å². The molecule has 2 rings (SSSR count). The van der Waals surface area contributed by atoms with Crippen LogP contribution < -0.4 is 5.32 Å². The lowest BCUT2D eigenvalue weighted by Crippen LogP contribution is -2.59. The van der Waals surface area contributed by atoms with Crippen molar-refractivity contribution in [3.8, 4) is 0 Å². The Kier molecular flexibility index (Phi) is 5.02. The Morgan fingerprint density at radius 3 is 2.29 bits per heavy atom. The summed E-state index contributed by atoms with van der Waals surface area (Å²) in [5.74, 6) is -4.06. The fourth-order valence-corrected chi connectivity index (χ4v) is 2.91. The first-order valence-corrected chi connectivity index (χ1v) is 7.55. The summed E-state index contributed by atoms with van der Waals surface area (Å²) in [5.41, 5.74) is -2.48. The lowest BCUT2D eigenvalue weighted by molar-refractivity contribution is -0.186. The van der Waals surface area contributed by atoms with Crippen LogP contribution in [0.5, 0.6) is 0 Å². The SMILES string of the molecule is COC(=O)N[C@H](C(=O)N1CC2(C[C@@]1(O)C(=O)O)OCCO2)C(C)C. The van der Waals surface area contributed by atoms with Crippen LogP contribution >= 0.6 is 0 Å². The Bertz CT molecular complexity index is 531. The van der Waals surface area contributed by atoms with Gasteiger partial charge in [-0.1, -0.05) is 13.8 Å². The van der Waals surface area contributed by atoms with E-state index in [-0.39, 0.29) is 25.7 Å². The van der Waals surface area contributed by atoms with Gasteiger partial charge in [-0.05, 0) is 5.92 Å². The number of hydrogen-bond acceptors (Lipinski definition) is 7. The number of likely N-dealkylation sites (tertiary alicyclic amines) is 1. The predicted molar refractivity (Wildman–Crippen MR) is 77.7 cm³/mol. The normalized spacial score (nSPS) is 26.6. The van der Waals surface area contributed by atoms with Gasteiger partial charge in [0.05, 0.1) is 33.3 Å². The summed E-state index contributed by atoms with van der Waals surface area (Å²) in [4.78, 5) is 36.6. The van der Waals surface area contributed by atoms with Crippen LogP contribution in [0.15, 0.2) is 0 Å². The van der Waals surface area contributed by atoms with Crippen molar-refractivity contribution in [2.45, 2.75) is 37.8 Å². The third kappa shape index (κ3) is 3.17. The number of carboxylic acid groups (broad SMARTS) is 1. The first kappa shape index (κ1) is 18.4. The highest BCUT2D eigenvalue weighted by molar-refractivity contribution is 5.91.